The number of hydrogen-bond acceptors (Lipinski definition) is 0. The Hall–Kier alpha value is -1.58. The minimum absolute atomic E-state index is 0.147. The number of rotatable bonds is 3. The molecule has 0 radical (unpaired) electrons. The molecule has 0 amide bonds. The average Bonchev–Trinajstić information content (AvgIpc) is 2.94. The van der Waals surface area contributed by atoms with Gasteiger partial charge in [0.15, 0.2) is 0 Å². The summed E-state index contributed by atoms with van der Waals surface area (Å²) in [6, 6.07) is 0. The molecule has 0 fully saturated rings. The zero-order valence-corrected chi connectivity index (χ0v) is 13.7. The number of imidazole rings is 2. The number of nitrogens with zero attached hydrogens (tertiary/aromatic N) is 4. The summed E-state index contributed by atoms with van der Waals surface area (Å²) in [6.07, 6.45) is 12.9. The summed E-state index contributed by atoms with van der Waals surface area (Å²) >= 11 is 0. The molecule has 0 N–H and O–H groups in total. The van der Waals surface area contributed by atoms with E-state index < -0.39 is 0 Å². The second-order valence-electron chi connectivity index (χ2n) is 7.46. The Morgan fingerprint density at radius 3 is 1.30 bits per heavy atom. The summed E-state index contributed by atoms with van der Waals surface area (Å²) in [7, 11) is 0. The maximum Gasteiger partial charge on any atom is 0.244 e. The average molecular weight is 276 g/mol. The van der Waals surface area contributed by atoms with Crippen molar-refractivity contribution >= 4 is 0 Å². The molecule has 2 aromatic heterocycles. The molecule has 4 heteroatoms. The molecule has 20 heavy (non-hydrogen) atoms. The minimum atomic E-state index is 0.147. The van der Waals surface area contributed by atoms with Crippen LogP contribution in [-0.2, 0) is 24.2 Å². The van der Waals surface area contributed by atoms with Crippen LogP contribution in [0.2, 0.25) is 0 Å². The Morgan fingerprint density at radius 1 is 0.700 bits per heavy atom. The monoisotopic (exact) mass is 276 g/mol. The molecule has 2 aromatic rings. The summed E-state index contributed by atoms with van der Waals surface area (Å²) in [5.74, 6) is 0. The van der Waals surface area contributed by atoms with Crippen molar-refractivity contribution in [2.45, 2.75) is 65.7 Å². The molecule has 4 nitrogen and oxygen atoms in total. The van der Waals surface area contributed by atoms with Crippen LogP contribution in [0.25, 0.3) is 0 Å². The zero-order valence-electron chi connectivity index (χ0n) is 13.7. The Labute approximate surface area is 122 Å². The van der Waals surface area contributed by atoms with Gasteiger partial charge in [-0.25, -0.2) is 18.3 Å². The van der Waals surface area contributed by atoms with Crippen molar-refractivity contribution in [2.24, 2.45) is 0 Å². The smallest absolute Gasteiger partial charge is 0.233 e. The van der Waals surface area contributed by atoms with Crippen molar-refractivity contribution in [3.8, 4) is 0 Å². The van der Waals surface area contributed by atoms with Gasteiger partial charge in [-0.1, -0.05) is 0 Å². The molecule has 0 saturated carbocycles. The molecule has 0 saturated heterocycles. The van der Waals surface area contributed by atoms with Crippen LogP contribution in [0, 0.1) is 0 Å². The van der Waals surface area contributed by atoms with Gasteiger partial charge in [-0.3, -0.25) is 0 Å². The van der Waals surface area contributed by atoms with Gasteiger partial charge in [-0.15, -0.1) is 0 Å². The maximum atomic E-state index is 2.25. The summed E-state index contributed by atoms with van der Waals surface area (Å²) in [6.45, 7) is 15.3. The third kappa shape index (κ3) is 3.50. The van der Waals surface area contributed by atoms with Crippen molar-refractivity contribution in [2.75, 3.05) is 0 Å². The Morgan fingerprint density at radius 2 is 1.05 bits per heavy atom. The van der Waals surface area contributed by atoms with Gasteiger partial charge in [-0.2, -0.15) is 0 Å². The Balaban J connectivity index is 1.99. The van der Waals surface area contributed by atoms with Crippen LogP contribution in [0.3, 0.4) is 0 Å². The molecule has 2 heterocycles. The van der Waals surface area contributed by atoms with E-state index in [1.54, 1.807) is 0 Å². The molecule has 0 aliphatic heterocycles. The molecular weight excluding hydrogens is 248 g/mol. The third-order valence-corrected chi connectivity index (χ3v) is 3.55. The van der Waals surface area contributed by atoms with E-state index in [2.05, 4.69) is 97.3 Å². The largest absolute Gasteiger partial charge is 0.244 e. The lowest BCUT2D eigenvalue weighted by Crippen LogP contribution is -2.43. The molecule has 2 rings (SSSR count). The highest BCUT2D eigenvalue weighted by molar-refractivity contribution is 4.79. The van der Waals surface area contributed by atoms with Gasteiger partial charge in [0.1, 0.15) is 49.0 Å². The second kappa shape index (κ2) is 5.08. The fraction of sp³-hybridized carbons (Fsp3) is 0.625. The SMILES string of the molecule is CC(C)(C)n1cc[n+](CC[n+]2ccn(C(C)(C)C)c2)c1. The number of hydrogen-bond donors (Lipinski definition) is 0. The lowest BCUT2D eigenvalue weighted by molar-refractivity contribution is -0.778. The molecule has 0 bridgehead atoms. The molecular formula is C16H28N4+2. The quantitative estimate of drug-likeness (QED) is 0.764. The van der Waals surface area contributed by atoms with E-state index in [4.69, 9.17) is 0 Å². The van der Waals surface area contributed by atoms with Crippen LogP contribution in [0.5, 0.6) is 0 Å². The molecule has 0 atom stereocenters. The lowest BCUT2D eigenvalue weighted by atomic mass is 10.1. The minimum Gasteiger partial charge on any atom is -0.233 e. The van der Waals surface area contributed by atoms with E-state index in [0.717, 1.165) is 13.1 Å². The van der Waals surface area contributed by atoms with E-state index in [1.807, 2.05) is 0 Å². The van der Waals surface area contributed by atoms with Crippen LogP contribution in [0.1, 0.15) is 41.5 Å². The van der Waals surface area contributed by atoms with Gasteiger partial charge in [-0.05, 0) is 41.5 Å². The molecule has 0 aliphatic carbocycles. The van der Waals surface area contributed by atoms with E-state index in [1.165, 1.54) is 0 Å². The molecule has 0 spiro atoms. The maximum absolute atomic E-state index is 2.25. The van der Waals surface area contributed by atoms with Gasteiger partial charge in [0.05, 0.1) is 0 Å². The van der Waals surface area contributed by atoms with Gasteiger partial charge in [0.25, 0.3) is 0 Å². The molecule has 0 unspecified atom stereocenters. The number of aromatic nitrogens is 4. The molecule has 110 valence electrons. The number of aryl methyl sites for hydroxylation is 2. The summed E-state index contributed by atoms with van der Waals surface area (Å²) in [5.41, 5.74) is 0.294. The highest BCUT2D eigenvalue weighted by atomic mass is 15.2. The Kier molecular flexibility index (Phi) is 3.76. The summed E-state index contributed by atoms with van der Waals surface area (Å²) in [5, 5.41) is 0. The summed E-state index contributed by atoms with van der Waals surface area (Å²) in [4.78, 5) is 0. The van der Waals surface area contributed by atoms with Crippen molar-refractivity contribution in [3.63, 3.8) is 0 Å². The van der Waals surface area contributed by atoms with Crippen molar-refractivity contribution in [1.29, 1.82) is 0 Å². The first-order valence-corrected chi connectivity index (χ1v) is 7.31. The van der Waals surface area contributed by atoms with E-state index in [-0.39, 0.29) is 11.1 Å². The first-order valence-electron chi connectivity index (χ1n) is 7.31. The second-order valence-corrected chi connectivity index (χ2v) is 7.46. The highest BCUT2D eigenvalue weighted by Crippen LogP contribution is 2.12. The Bertz CT molecular complexity index is 512. The molecule has 0 aromatic carbocycles. The van der Waals surface area contributed by atoms with E-state index in [0.29, 0.717) is 0 Å². The first kappa shape index (κ1) is 14.8. The van der Waals surface area contributed by atoms with Crippen LogP contribution >= 0.6 is 0 Å². The van der Waals surface area contributed by atoms with Gasteiger partial charge in [0.2, 0.25) is 12.7 Å². The van der Waals surface area contributed by atoms with Crippen LogP contribution < -0.4 is 9.13 Å². The van der Waals surface area contributed by atoms with Crippen LogP contribution in [0.4, 0.5) is 0 Å². The standard InChI is InChI=1S/C16H28N4/c1-15(2,3)19-11-9-17(13-19)7-8-18-10-12-20(14-18)16(4,5)6/h9-14H,7-8H2,1-6H3/q+2. The van der Waals surface area contributed by atoms with E-state index in [9.17, 15) is 0 Å². The first-order chi connectivity index (χ1) is 9.16. The lowest BCUT2D eigenvalue weighted by Gasteiger charge is -2.13. The van der Waals surface area contributed by atoms with Gasteiger partial charge < -0.3 is 0 Å². The topological polar surface area (TPSA) is 17.6 Å². The van der Waals surface area contributed by atoms with Gasteiger partial charge in [0, 0.05) is 0 Å². The highest BCUT2D eigenvalue weighted by Gasteiger charge is 2.20. The summed E-state index contributed by atoms with van der Waals surface area (Å²) < 4.78 is 8.98. The molecule has 0 aliphatic rings. The predicted molar refractivity (Wildman–Crippen MR) is 79.2 cm³/mol. The van der Waals surface area contributed by atoms with Crippen molar-refractivity contribution in [3.05, 3.63) is 37.4 Å². The van der Waals surface area contributed by atoms with Crippen LogP contribution in [0.15, 0.2) is 37.4 Å². The normalized spacial score (nSPS) is 12.9. The zero-order chi connectivity index (χ0) is 15.0. The van der Waals surface area contributed by atoms with Crippen LogP contribution in [-0.4, -0.2) is 9.13 Å². The van der Waals surface area contributed by atoms with Gasteiger partial charge >= 0.3 is 0 Å². The van der Waals surface area contributed by atoms with E-state index >= 15 is 0 Å². The fourth-order valence-electron chi connectivity index (χ4n) is 2.08. The van der Waals surface area contributed by atoms with Crippen molar-refractivity contribution in [1.82, 2.24) is 9.13 Å². The predicted octanol–water partition coefficient (Wildman–Crippen LogP) is 2.07. The van der Waals surface area contributed by atoms with Crippen molar-refractivity contribution < 1.29 is 9.13 Å². The third-order valence-electron chi connectivity index (χ3n) is 3.55. The fourth-order valence-corrected chi connectivity index (χ4v) is 2.08.